The minimum atomic E-state index is -0.0404. The second-order valence-corrected chi connectivity index (χ2v) is 9.28. The summed E-state index contributed by atoms with van der Waals surface area (Å²) in [6.45, 7) is 1.70. The van der Waals surface area contributed by atoms with Crippen LogP contribution in [0.5, 0.6) is 5.75 Å². The van der Waals surface area contributed by atoms with Crippen molar-refractivity contribution in [1.82, 2.24) is 25.2 Å². The van der Waals surface area contributed by atoms with Crippen molar-refractivity contribution in [3.05, 3.63) is 71.4 Å². The third kappa shape index (κ3) is 5.39. The molecule has 1 fully saturated rings. The van der Waals surface area contributed by atoms with Crippen LogP contribution < -0.4 is 15.4 Å². The zero-order valence-corrected chi connectivity index (χ0v) is 20.9. The van der Waals surface area contributed by atoms with Crippen LogP contribution in [0.15, 0.2) is 60.7 Å². The molecule has 0 spiro atoms. The maximum Gasteiger partial charge on any atom is 0.317 e. The lowest BCUT2D eigenvalue weighted by atomic mass is 10.0. The normalized spacial score (nSPS) is 15.6. The molecule has 2 aromatic heterocycles. The Morgan fingerprint density at radius 2 is 2.00 bits per heavy atom. The fourth-order valence-corrected chi connectivity index (χ4v) is 4.73. The second kappa shape index (κ2) is 10.9. The Bertz CT molecular complexity index is 1340. The molecule has 3 N–H and O–H groups in total. The Labute approximate surface area is 215 Å². The third-order valence-corrected chi connectivity index (χ3v) is 6.61. The summed E-state index contributed by atoms with van der Waals surface area (Å²) >= 11 is 6.08. The van der Waals surface area contributed by atoms with Crippen molar-refractivity contribution in [2.45, 2.75) is 31.9 Å². The fraction of sp³-hybridized carbons (Fsp3) is 0.296. The number of carbonyl (C=O) groups is 1. The topological polar surface area (TPSA) is 95.2 Å². The van der Waals surface area contributed by atoms with Gasteiger partial charge in [-0.1, -0.05) is 48.0 Å². The number of piperidine rings is 1. The second-order valence-electron chi connectivity index (χ2n) is 8.84. The van der Waals surface area contributed by atoms with Crippen molar-refractivity contribution < 1.29 is 9.53 Å². The van der Waals surface area contributed by atoms with Crippen molar-refractivity contribution in [3.63, 3.8) is 0 Å². The molecule has 9 heteroatoms. The number of nitrogens with zero attached hydrogens (tertiary/aromatic N) is 3. The largest absolute Gasteiger partial charge is 0.487 e. The van der Waals surface area contributed by atoms with E-state index in [9.17, 15) is 4.79 Å². The number of rotatable bonds is 7. The molecule has 186 valence electrons. The minimum absolute atomic E-state index is 0.0404. The first-order valence-corrected chi connectivity index (χ1v) is 12.5. The number of amides is 2. The summed E-state index contributed by atoms with van der Waals surface area (Å²) in [6, 6.07) is 19.3. The van der Waals surface area contributed by atoms with Gasteiger partial charge in [-0.3, -0.25) is 0 Å². The van der Waals surface area contributed by atoms with E-state index in [2.05, 4.69) is 15.6 Å². The van der Waals surface area contributed by atoms with E-state index in [1.54, 1.807) is 13.1 Å². The Balaban J connectivity index is 1.43. The number of ether oxygens (including phenoxy) is 1. The molecule has 0 radical (unpaired) electrons. The molecule has 3 heterocycles. The van der Waals surface area contributed by atoms with Crippen molar-refractivity contribution in [2.24, 2.45) is 0 Å². The molecule has 0 bridgehead atoms. The molecule has 1 aliphatic heterocycles. The zero-order valence-electron chi connectivity index (χ0n) is 20.1. The standard InChI is InChI=1S/C27H29ClN6O2/c1-29-27(35)34-13-6-5-11-21(34)16-30-25-23-15-20(17-36-22-12-7-10-19(28)14-22)31-26(23)33-24(32-25)18-8-3-2-4-9-18/h2-4,7-10,12,14-15,21H,5-6,11,13,16-17H2,1H3,(H,29,35)(H2,30,31,32,33)/t21-/m0/s1. The molecule has 2 amide bonds. The summed E-state index contributed by atoms with van der Waals surface area (Å²) in [5.41, 5.74) is 2.53. The van der Waals surface area contributed by atoms with E-state index >= 15 is 0 Å². The van der Waals surface area contributed by atoms with Crippen LogP contribution in [-0.4, -0.2) is 52.1 Å². The first kappa shape index (κ1) is 23.9. The molecule has 0 unspecified atom stereocenters. The number of aromatic nitrogens is 3. The number of urea groups is 1. The summed E-state index contributed by atoms with van der Waals surface area (Å²) in [5, 5.41) is 7.79. The lowest BCUT2D eigenvalue weighted by Gasteiger charge is -2.35. The molecular weight excluding hydrogens is 476 g/mol. The quantitative estimate of drug-likeness (QED) is 0.310. The lowest BCUT2D eigenvalue weighted by molar-refractivity contribution is 0.157. The molecule has 1 atom stereocenters. The number of aromatic amines is 1. The molecule has 1 saturated heterocycles. The zero-order chi connectivity index (χ0) is 24.9. The average molecular weight is 505 g/mol. The molecule has 0 saturated carbocycles. The van der Waals surface area contributed by atoms with E-state index in [-0.39, 0.29) is 12.1 Å². The summed E-state index contributed by atoms with van der Waals surface area (Å²) in [5.74, 6) is 2.05. The van der Waals surface area contributed by atoms with Crippen LogP contribution >= 0.6 is 11.6 Å². The summed E-state index contributed by atoms with van der Waals surface area (Å²) in [7, 11) is 1.67. The molecule has 8 nitrogen and oxygen atoms in total. The van der Waals surface area contributed by atoms with Gasteiger partial charge in [0, 0.05) is 30.7 Å². The predicted molar refractivity (Wildman–Crippen MR) is 142 cm³/mol. The molecule has 5 rings (SSSR count). The van der Waals surface area contributed by atoms with E-state index < -0.39 is 0 Å². The van der Waals surface area contributed by atoms with Crippen LogP contribution in [0.3, 0.4) is 0 Å². The highest BCUT2D eigenvalue weighted by Crippen LogP contribution is 2.27. The van der Waals surface area contributed by atoms with Gasteiger partial charge in [0.2, 0.25) is 0 Å². The van der Waals surface area contributed by atoms with E-state index in [1.807, 2.05) is 59.5 Å². The maximum atomic E-state index is 12.4. The first-order valence-electron chi connectivity index (χ1n) is 12.2. The molecular formula is C27H29ClN6O2. The van der Waals surface area contributed by atoms with Gasteiger partial charge >= 0.3 is 6.03 Å². The van der Waals surface area contributed by atoms with Gasteiger partial charge in [0.1, 0.15) is 23.8 Å². The monoisotopic (exact) mass is 504 g/mol. The van der Waals surface area contributed by atoms with E-state index in [0.717, 1.165) is 53.9 Å². The van der Waals surface area contributed by atoms with Crippen LogP contribution in [-0.2, 0) is 6.61 Å². The van der Waals surface area contributed by atoms with Crippen LogP contribution in [0.1, 0.15) is 25.0 Å². The van der Waals surface area contributed by atoms with Crippen molar-refractivity contribution in [3.8, 4) is 17.1 Å². The summed E-state index contributed by atoms with van der Waals surface area (Å²) < 4.78 is 5.93. The number of H-pyrrole nitrogens is 1. The van der Waals surface area contributed by atoms with Gasteiger partial charge in [0.25, 0.3) is 0 Å². The van der Waals surface area contributed by atoms with Crippen LogP contribution in [0.25, 0.3) is 22.4 Å². The number of benzene rings is 2. The molecule has 4 aromatic rings. The Morgan fingerprint density at radius 3 is 2.81 bits per heavy atom. The van der Waals surface area contributed by atoms with E-state index in [0.29, 0.717) is 29.7 Å². The Kier molecular flexibility index (Phi) is 7.23. The maximum absolute atomic E-state index is 12.4. The number of likely N-dealkylation sites (tertiary alicyclic amines) is 1. The lowest BCUT2D eigenvalue weighted by Crippen LogP contribution is -2.50. The first-order chi connectivity index (χ1) is 17.6. The van der Waals surface area contributed by atoms with Crippen LogP contribution in [0, 0.1) is 0 Å². The smallest absolute Gasteiger partial charge is 0.317 e. The highest BCUT2D eigenvalue weighted by molar-refractivity contribution is 6.30. The number of hydrogen-bond acceptors (Lipinski definition) is 5. The summed E-state index contributed by atoms with van der Waals surface area (Å²) in [4.78, 5) is 27.3. The number of nitrogens with one attached hydrogen (secondary N) is 3. The third-order valence-electron chi connectivity index (χ3n) is 6.37. The van der Waals surface area contributed by atoms with E-state index in [1.165, 1.54) is 0 Å². The number of anilines is 1. The molecule has 1 aliphatic rings. The highest BCUT2D eigenvalue weighted by atomic mass is 35.5. The van der Waals surface area contributed by atoms with Crippen molar-refractivity contribution >= 4 is 34.5 Å². The molecule has 2 aromatic carbocycles. The fourth-order valence-electron chi connectivity index (χ4n) is 4.55. The van der Waals surface area contributed by atoms with Crippen LogP contribution in [0.4, 0.5) is 10.6 Å². The number of carbonyl (C=O) groups excluding carboxylic acids is 1. The van der Waals surface area contributed by atoms with Gasteiger partial charge in [-0.15, -0.1) is 0 Å². The van der Waals surface area contributed by atoms with Gasteiger partial charge in [0.05, 0.1) is 17.1 Å². The van der Waals surface area contributed by atoms with Gasteiger partial charge in [-0.25, -0.2) is 14.8 Å². The molecule has 0 aliphatic carbocycles. The van der Waals surface area contributed by atoms with Gasteiger partial charge in [0.15, 0.2) is 5.82 Å². The minimum Gasteiger partial charge on any atom is -0.487 e. The van der Waals surface area contributed by atoms with Crippen molar-refractivity contribution in [2.75, 3.05) is 25.5 Å². The Morgan fingerprint density at radius 1 is 1.14 bits per heavy atom. The summed E-state index contributed by atoms with van der Waals surface area (Å²) in [6.07, 6.45) is 3.07. The van der Waals surface area contributed by atoms with Gasteiger partial charge in [-0.2, -0.15) is 0 Å². The molecule has 36 heavy (non-hydrogen) atoms. The highest BCUT2D eigenvalue weighted by Gasteiger charge is 2.26. The predicted octanol–water partition coefficient (Wildman–Crippen LogP) is 5.46. The number of halogens is 1. The number of fused-ring (bicyclic) bond motifs is 1. The SMILES string of the molecule is CNC(=O)N1CCCC[C@H]1CNc1nc(-c2ccccc2)nc2[nH]c(COc3cccc(Cl)c3)cc12. The van der Waals surface area contributed by atoms with E-state index in [4.69, 9.17) is 26.3 Å². The van der Waals surface area contributed by atoms with Crippen molar-refractivity contribution in [1.29, 1.82) is 0 Å². The van der Waals surface area contributed by atoms with Gasteiger partial charge < -0.3 is 25.3 Å². The van der Waals surface area contributed by atoms with Gasteiger partial charge in [-0.05, 0) is 43.5 Å². The average Bonchev–Trinajstić information content (AvgIpc) is 3.34. The van der Waals surface area contributed by atoms with Crippen LogP contribution in [0.2, 0.25) is 5.02 Å². The number of hydrogen-bond donors (Lipinski definition) is 3. The Hall–Kier alpha value is -3.78.